The number of hydrogen-bond donors (Lipinski definition) is 2. The van der Waals surface area contributed by atoms with Crippen LogP contribution in [-0.2, 0) is 11.2 Å². The fraction of sp³-hybridized carbons (Fsp3) is 0.333. The van der Waals surface area contributed by atoms with Crippen molar-refractivity contribution < 1.29 is 9.59 Å². The van der Waals surface area contributed by atoms with Gasteiger partial charge in [0.25, 0.3) is 0 Å². The minimum Gasteiger partial charge on any atom is -0.338 e. The molecule has 1 atom stereocenters. The van der Waals surface area contributed by atoms with Gasteiger partial charge in [0, 0.05) is 25.2 Å². The summed E-state index contributed by atoms with van der Waals surface area (Å²) in [6.45, 7) is 5.16. The quantitative estimate of drug-likeness (QED) is 0.870. The van der Waals surface area contributed by atoms with Gasteiger partial charge in [-0.05, 0) is 49.1 Å². The molecule has 0 spiro atoms. The highest BCUT2D eigenvalue weighted by atomic mass is 16.2. The zero-order valence-electron chi connectivity index (χ0n) is 15.3. The van der Waals surface area contributed by atoms with Crippen LogP contribution in [0.3, 0.4) is 0 Å². The molecule has 136 valence electrons. The van der Waals surface area contributed by atoms with E-state index in [0.717, 1.165) is 17.7 Å². The number of hydrogen-bond acceptors (Lipinski definition) is 2. The van der Waals surface area contributed by atoms with Gasteiger partial charge in [-0.25, -0.2) is 4.79 Å². The molecule has 2 aromatic carbocycles. The van der Waals surface area contributed by atoms with Crippen molar-refractivity contribution in [2.75, 3.05) is 18.0 Å². The van der Waals surface area contributed by atoms with Crippen LogP contribution in [0.25, 0.3) is 0 Å². The molecule has 0 saturated carbocycles. The lowest BCUT2D eigenvalue weighted by Crippen LogP contribution is -2.43. The number of amides is 3. The third kappa shape index (κ3) is 4.42. The second-order valence-electron chi connectivity index (χ2n) is 6.81. The maximum Gasteiger partial charge on any atom is 0.315 e. The van der Waals surface area contributed by atoms with E-state index in [4.69, 9.17) is 0 Å². The summed E-state index contributed by atoms with van der Waals surface area (Å²) in [5.74, 6) is 0.0443. The van der Waals surface area contributed by atoms with E-state index in [0.29, 0.717) is 19.5 Å². The number of nitrogens with zero attached hydrogens (tertiary/aromatic N) is 1. The number of carbonyl (C=O) groups is 2. The Labute approximate surface area is 154 Å². The summed E-state index contributed by atoms with van der Waals surface area (Å²) in [4.78, 5) is 26.2. The predicted molar refractivity (Wildman–Crippen MR) is 103 cm³/mol. The second-order valence-corrected chi connectivity index (χ2v) is 6.81. The van der Waals surface area contributed by atoms with Gasteiger partial charge in [0.2, 0.25) is 5.91 Å². The van der Waals surface area contributed by atoms with Gasteiger partial charge in [-0.1, -0.05) is 36.4 Å². The van der Waals surface area contributed by atoms with Gasteiger partial charge >= 0.3 is 6.03 Å². The molecule has 5 nitrogen and oxygen atoms in total. The second kappa shape index (κ2) is 8.04. The molecule has 3 amide bonds. The van der Waals surface area contributed by atoms with E-state index in [1.807, 2.05) is 55.5 Å². The van der Waals surface area contributed by atoms with Gasteiger partial charge in [-0.3, -0.25) is 4.79 Å². The van der Waals surface area contributed by atoms with E-state index >= 15 is 0 Å². The van der Waals surface area contributed by atoms with E-state index in [2.05, 4.69) is 17.6 Å². The molecule has 2 aromatic rings. The largest absolute Gasteiger partial charge is 0.338 e. The molecule has 1 saturated heterocycles. The molecule has 1 heterocycles. The van der Waals surface area contributed by atoms with Gasteiger partial charge in [0.05, 0.1) is 6.04 Å². The molecule has 0 aliphatic carbocycles. The number of benzene rings is 2. The minimum atomic E-state index is -0.222. The van der Waals surface area contributed by atoms with E-state index in [9.17, 15) is 9.59 Å². The molecular formula is C21H25N3O2. The smallest absolute Gasteiger partial charge is 0.315 e. The molecule has 1 fully saturated rings. The van der Waals surface area contributed by atoms with Crippen molar-refractivity contribution in [2.45, 2.75) is 32.7 Å². The first-order valence-electron chi connectivity index (χ1n) is 8.99. The summed E-state index contributed by atoms with van der Waals surface area (Å²) in [6, 6.07) is 15.6. The summed E-state index contributed by atoms with van der Waals surface area (Å²) < 4.78 is 0. The Morgan fingerprint density at radius 1 is 1.12 bits per heavy atom. The molecular weight excluding hydrogens is 326 g/mol. The number of carbonyl (C=O) groups excluding carboxylic acids is 2. The number of nitrogens with one attached hydrogen (secondary N) is 2. The molecule has 2 N–H and O–H groups in total. The average Bonchev–Trinajstić information content (AvgIpc) is 2.98. The molecule has 0 bridgehead atoms. The first kappa shape index (κ1) is 18.0. The van der Waals surface area contributed by atoms with Crippen LogP contribution in [0.2, 0.25) is 0 Å². The monoisotopic (exact) mass is 351 g/mol. The van der Waals surface area contributed by atoms with Crippen LogP contribution in [0.1, 0.15) is 23.1 Å². The summed E-state index contributed by atoms with van der Waals surface area (Å²) in [6.07, 6.45) is 1.12. The highest BCUT2D eigenvalue weighted by molar-refractivity contribution is 5.96. The van der Waals surface area contributed by atoms with Crippen molar-refractivity contribution in [3.63, 3.8) is 0 Å². The fourth-order valence-electron chi connectivity index (χ4n) is 3.15. The Bertz CT molecular complexity index is 789. The fourth-order valence-corrected chi connectivity index (χ4v) is 3.15. The Balaban J connectivity index is 1.49. The van der Waals surface area contributed by atoms with Crippen LogP contribution >= 0.6 is 0 Å². The molecule has 5 heteroatoms. The van der Waals surface area contributed by atoms with Crippen molar-refractivity contribution in [3.05, 3.63) is 65.2 Å². The molecule has 26 heavy (non-hydrogen) atoms. The molecule has 0 radical (unpaired) electrons. The number of anilines is 1. The van der Waals surface area contributed by atoms with E-state index < -0.39 is 0 Å². The summed E-state index contributed by atoms with van der Waals surface area (Å²) in [7, 11) is 0. The van der Waals surface area contributed by atoms with Crippen molar-refractivity contribution in [2.24, 2.45) is 0 Å². The molecule has 1 unspecified atom stereocenters. The maximum atomic E-state index is 12.3. The van der Waals surface area contributed by atoms with Gasteiger partial charge in [0.1, 0.15) is 0 Å². The number of rotatable bonds is 5. The van der Waals surface area contributed by atoms with Crippen LogP contribution in [-0.4, -0.2) is 31.1 Å². The minimum absolute atomic E-state index is 0.0443. The number of aryl methyl sites for hydroxylation is 2. The molecule has 1 aliphatic heterocycles. The predicted octanol–water partition coefficient (Wildman–Crippen LogP) is 2.95. The van der Waals surface area contributed by atoms with Gasteiger partial charge < -0.3 is 15.5 Å². The maximum absolute atomic E-state index is 12.3. The molecule has 3 rings (SSSR count). The number of urea groups is 1. The summed E-state index contributed by atoms with van der Waals surface area (Å²) in [5, 5.41) is 5.77. The third-order valence-electron chi connectivity index (χ3n) is 4.80. The van der Waals surface area contributed by atoms with Crippen LogP contribution in [0, 0.1) is 13.8 Å². The van der Waals surface area contributed by atoms with Gasteiger partial charge in [0.15, 0.2) is 0 Å². The molecule has 0 aromatic heterocycles. The zero-order valence-corrected chi connectivity index (χ0v) is 15.3. The van der Waals surface area contributed by atoms with E-state index in [1.54, 1.807) is 4.90 Å². The Morgan fingerprint density at radius 3 is 2.62 bits per heavy atom. The topological polar surface area (TPSA) is 61.4 Å². The van der Waals surface area contributed by atoms with Crippen LogP contribution in [0.5, 0.6) is 0 Å². The highest BCUT2D eigenvalue weighted by Crippen LogP contribution is 2.24. The van der Waals surface area contributed by atoms with Crippen molar-refractivity contribution in [3.8, 4) is 0 Å². The molecule has 1 aliphatic rings. The van der Waals surface area contributed by atoms with Crippen LogP contribution in [0.4, 0.5) is 10.5 Å². The lowest BCUT2D eigenvalue weighted by atomic mass is 10.1. The van der Waals surface area contributed by atoms with Crippen molar-refractivity contribution in [1.29, 1.82) is 0 Å². The van der Waals surface area contributed by atoms with E-state index in [-0.39, 0.29) is 18.0 Å². The Morgan fingerprint density at radius 2 is 1.88 bits per heavy atom. The zero-order chi connectivity index (χ0) is 18.5. The van der Waals surface area contributed by atoms with E-state index in [1.165, 1.54) is 11.1 Å². The van der Waals surface area contributed by atoms with Crippen molar-refractivity contribution in [1.82, 2.24) is 10.6 Å². The lowest BCUT2D eigenvalue weighted by Gasteiger charge is -2.18. The lowest BCUT2D eigenvalue weighted by molar-refractivity contribution is -0.117. The summed E-state index contributed by atoms with van der Waals surface area (Å²) in [5.41, 5.74) is 4.44. The normalized spacial score (nSPS) is 16.6. The Hall–Kier alpha value is -2.82. The van der Waals surface area contributed by atoms with Crippen LogP contribution < -0.4 is 15.5 Å². The standard InChI is InChI=1S/C21H25N3O2/c1-15-8-9-19(12-16(15)2)24-14-18(13-20(24)25)23-21(26)22-11-10-17-6-4-3-5-7-17/h3-9,12,18H,10-11,13-14H2,1-2H3,(H2,22,23,26). The summed E-state index contributed by atoms with van der Waals surface area (Å²) >= 11 is 0. The highest BCUT2D eigenvalue weighted by Gasteiger charge is 2.31. The average molecular weight is 351 g/mol. The third-order valence-corrected chi connectivity index (χ3v) is 4.80. The van der Waals surface area contributed by atoms with Gasteiger partial charge in [-0.15, -0.1) is 0 Å². The van der Waals surface area contributed by atoms with Gasteiger partial charge in [-0.2, -0.15) is 0 Å². The first-order chi connectivity index (χ1) is 12.5. The van der Waals surface area contributed by atoms with Crippen molar-refractivity contribution >= 4 is 17.6 Å². The SMILES string of the molecule is Cc1ccc(N2CC(NC(=O)NCCc3ccccc3)CC2=O)cc1C. The van der Waals surface area contributed by atoms with Crippen LogP contribution in [0.15, 0.2) is 48.5 Å². The first-order valence-corrected chi connectivity index (χ1v) is 8.99. The Kier molecular flexibility index (Phi) is 5.56.